The number of thiophene rings is 1. The lowest BCUT2D eigenvalue weighted by Crippen LogP contribution is -2.06. The van der Waals surface area contributed by atoms with Gasteiger partial charge in [-0.3, -0.25) is 0 Å². The first-order chi connectivity index (χ1) is 5.24. The van der Waals surface area contributed by atoms with E-state index in [-0.39, 0.29) is 0 Å². The zero-order valence-corrected chi connectivity index (χ0v) is 8.34. The Morgan fingerprint density at radius 2 is 2.36 bits per heavy atom. The molecule has 0 atom stereocenters. The first-order valence-electron chi connectivity index (χ1n) is 3.42. The summed E-state index contributed by atoms with van der Waals surface area (Å²) in [5, 5.41) is 3.92. The normalized spacial score (nSPS) is 9.64. The molecule has 1 aromatic heterocycles. The van der Waals surface area contributed by atoms with Gasteiger partial charge in [-0.2, -0.15) is 0 Å². The van der Waals surface area contributed by atoms with E-state index in [9.17, 15) is 0 Å². The van der Waals surface area contributed by atoms with Gasteiger partial charge in [-0.15, -0.1) is 11.3 Å². The summed E-state index contributed by atoms with van der Waals surface area (Å²) in [7, 11) is 4.09. The van der Waals surface area contributed by atoms with Gasteiger partial charge in [0, 0.05) is 36.5 Å². The van der Waals surface area contributed by atoms with E-state index in [4.69, 9.17) is 12.2 Å². The van der Waals surface area contributed by atoms with Crippen molar-refractivity contribution in [1.82, 2.24) is 0 Å². The van der Waals surface area contributed by atoms with Gasteiger partial charge in [-0.25, -0.2) is 0 Å². The molecule has 0 saturated carbocycles. The average Bonchev–Trinajstić information content (AvgIpc) is 2.37. The molecule has 11 heavy (non-hydrogen) atoms. The lowest BCUT2D eigenvalue weighted by Gasteiger charge is -2.07. The van der Waals surface area contributed by atoms with Gasteiger partial charge in [0.15, 0.2) is 0 Å². The van der Waals surface area contributed by atoms with Crippen LogP contribution in [0.25, 0.3) is 0 Å². The van der Waals surface area contributed by atoms with E-state index in [0.29, 0.717) is 0 Å². The first-order valence-corrected chi connectivity index (χ1v) is 4.77. The third-order valence-electron chi connectivity index (χ3n) is 1.44. The molecule has 0 aromatic carbocycles. The summed E-state index contributed by atoms with van der Waals surface area (Å²) in [4.78, 5) is 3.44. The van der Waals surface area contributed by atoms with Gasteiger partial charge in [0.2, 0.25) is 0 Å². The number of anilines is 1. The number of rotatable bonds is 3. The molecule has 0 unspecified atom stereocenters. The molecule has 0 bridgehead atoms. The lowest BCUT2D eigenvalue weighted by atomic mass is 10.3. The summed E-state index contributed by atoms with van der Waals surface area (Å²) in [6, 6.07) is 2.17. The molecular weight excluding hydrogens is 174 g/mol. The van der Waals surface area contributed by atoms with Crippen molar-refractivity contribution in [2.24, 2.45) is 0 Å². The molecule has 60 valence electrons. The maximum Gasteiger partial charge on any atom is 0.0472 e. The van der Waals surface area contributed by atoms with Crippen LogP contribution in [0.2, 0.25) is 0 Å². The van der Waals surface area contributed by atoms with E-state index >= 15 is 0 Å². The maximum absolute atomic E-state index is 4.78. The molecule has 1 rings (SSSR count). The van der Waals surface area contributed by atoms with Crippen LogP contribution in [0.1, 0.15) is 4.88 Å². The first kappa shape index (κ1) is 8.68. The van der Waals surface area contributed by atoms with Crippen LogP contribution in [0.4, 0.5) is 5.69 Å². The third-order valence-corrected chi connectivity index (χ3v) is 2.55. The van der Waals surface area contributed by atoms with Gasteiger partial charge in [0.05, 0.1) is 0 Å². The van der Waals surface area contributed by atoms with Crippen LogP contribution >= 0.6 is 23.6 Å². The van der Waals surface area contributed by atoms with E-state index in [1.54, 1.807) is 16.7 Å². The molecule has 0 N–H and O–H groups in total. The highest BCUT2D eigenvalue weighted by atomic mass is 32.1. The van der Waals surface area contributed by atoms with Crippen LogP contribution in [0, 0.1) is 0 Å². The van der Waals surface area contributed by atoms with Crippen molar-refractivity contribution >= 4 is 34.6 Å². The van der Waals surface area contributed by atoms with Crippen LogP contribution in [-0.4, -0.2) is 19.5 Å². The molecule has 1 heterocycles. The fraction of sp³-hybridized carbons (Fsp3) is 0.375. The topological polar surface area (TPSA) is 3.24 Å². The molecule has 0 fully saturated rings. The molecule has 0 amide bonds. The zero-order valence-electron chi connectivity index (χ0n) is 6.70. The highest BCUT2D eigenvalue weighted by molar-refractivity contribution is 7.79. The SMILES string of the molecule is CN(C)c1csc(CC=S)c1. The Kier molecular flexibility index (Phi) is 3.02. The fourth-order valence-corrected chi connectivity index (χ4v) is 2.00. The van der Waals surface area contributed by atoms with Crippen molar-refractivity contribution in [1.29, 1.82) is 0 Å². The maximum atomic E-state index is 4.78. The van der Waals surface area contributed by atoms with E-state index in [1.807, 2.05) is 14.1 Å². The zero-order chi connectivity index (χ0) is 8.27. The van der Waals surface area contributed by atoms with E-state index < -0.39 is 0 Å². The van der Waals surface area contributed by atoms with Crippen molar-refractivity contribution in [3.05, 3.63) is 16.3 Å². The van der Waals surface area contributed by atoms with Crippen molar-refractivity contribution < 1.29 is 0 Å². The van der Waals surface area contributed by atoms with Crippen molar-refractivity contribution in [3.63, 3.8) is 0 Å². The van der Waals surface area contributed by atoms with Gasteiger partial charge in [0.1, 0.15) is 0 Å². The Labute approximate surface area is 76.7 Å². The monoisotopic (exact) mass is 185 g/mol. The van der Waals surface area contributed by atoms with E-state index in [0.717, 1.165) is 6.42 Å². The molecule has 0 aliphatic carbocycles. The standard InChI is InChI=1S/C8H11NS2/c1-9(2)7-5-8(3-4-10)11-6-7/h4-6H,3H2,1-2H3. The van der Waals surface area contributed by atoms with E-state index in [2.05, 4.69) is 16.3 Å². The van der Waals surface area contributed by atoms with Gasteiger partial charge in [-0.05, 0) is 11.4 Å². The molecule has 3 heteroatoms. The van der Waals surface area contributed by atoms with Crippen LogP contribution in [0.15, 0.2) is 11.4 Å². The second-order valence-electron chi connectivity index (χ2n) is 2.54. The minimum atomic E-state index is 0.911. The Balaban J connectivity index is 2.73. The Morgan fingerprint density at radius 1 is 1.64 bits per heavy atom. The Hall–Kier alpha value is -0.410. The predicted octanol–water partition coefficient (Wildman–Crippen LogP) is 2.36. The molecule has 1 aromatic rings. The summed E-state index contributed by atoms with van der Waals surface area (Å²) in [5.41, 5.74) is 1.27. The minimum absolute atomic E-state index is 0.911. The second-order valence-corrected chi connectivity index (χ2v) is 3.87. The Bertz CT molecular complexity index is 240. The molecule has 0 aliphatic rings. The molecular formula is C8H11NS2. The van der Waals surface area contributed by atoms with Crippen LogP contribution in [0.3, 0.4) is 0 Å². The summed E-state index contributed by atoms with van der Waals surface area (Å²) in [6.45, 7) is 0. The highest BCUT2D eigenvalue weighted by Gasteiger charge is 1.98. The molecule has 0 radical (unpaired) electrons. The summed E-state index contributed by atoms with van der Waals surface area (Å²) in [5.74, 6) is 0. The van der Waals surface area contributed by atoms with Crippen molar-refractivity contribution in [2.45, 2.75) is 6.42 Å². The van der Waals surface area contributed by atoms with Gasteiger partial charge >= 0.3 is 0 Å². The van der Waals surface area contributed by atoms with Crippen LogP contribution < -0.4 is 4.90 Å². The van der Waals surface area contributed by atoms with Crippen molar-refractivity contribution in [3.8, 4) is 0 Å². The lowest BCUT2D eigenvalue weighted by molar-refractivity contribution is 1.14. The predicted molar refractivity (Wildman–Crippen MR) is 56.0 cm³/mol. The number of hydrogen-bond donors (Lipinski definition) is 0. The number of hydrogen-bond acceptors (Lipinski definition) is 3. The summed E-state index contributed by atoms with van der Waals surface area (Å²) < 4.78 is 0. The van der Waals surface area contributed by atoms with E-state index in [1.165, 1.54) is 10.6 Å². The molecule has 0 spiro atoms. The quantitative estimate of drug-likeness (QED) is 0.665. The Morgan fingerprint density at radius 3 is 2.82 bits per heavy atom. The second kappa shape index (κ2) is 3.83. The summed E-state index contributed by atoms with van der Waals surface area (Å²) >= 11 is 6.54. The molecule has 0 aliphatic heterocycles. The molecule has 1 nitrogen and oxygen atoms in total. The largest absolute Gasteiger partial charge is 0.377 e. The van der Waals surface area contributed by atoms with Gasteiger partial charge < -0.3 is 4.90 Å². The van der Waals surface area contributed by atoms with Crippen molar-refractivity contribution in [2.75, 3.05) is 19.0 Å². The van der Waals surface area contributed by atoms with Gasteiger partial charge in [-0.1, -0.05) is 12.2 Å². The summed E-state index contributed by atoms with van der Waals surface area (Å²) in [6.07, 6.45) is 0.911. The van der Waals surface area contributed by atoms with Crippen LogP contribution in [0.5, 0.6) is 0 Å². The van der Waals surface area contributed by atoms with Crippen LogP contribution in [-0.2, 0) is 6.42 Å². The van der Waals surface area contributed by atoms with Gasteiger partial charge in [0.25, 0.3) is 0 Å². The number of nitrogens with zero attached hydrogens (tertiary/aromatic N) is 1. The smallest absolute Gasteiger partial charge is 0.0472 e. The third kappa shape index (κ3) is 2.27. The fourth-order valence-electron chi connectivity index (χ4n) is 0.793. The minimum Gasteiger partial charge on any atom is -0.377 e. The number of thiocarbonyl (C=S) groups is 1. The highest BCUT2D eigenvalue weighted by Crippen LogP contribution is 2.21. The average molecular weight is 185 g/mol. The molecule has 0 saturated heterocycles.